The molecule has 0 amide bonds. The highest BCUT2D eigenvalue weighted by Gasteiger charge is 2.18. The summed E-state index contributed by atoms with van der Waals surface area (Å²) in [5.74, 6) is 1.25. The van der Waals surface area contributed by atoms with Gasteiger partial charge in [-0.05, 0) is 35.4 Å². The number of rotatable bonds is 0. The molecular formula is C10H10ClFOS. The topological polar surface area (TPSA) is 20.2 Å². The Hall–Kier alpha value is -0.250. The third-order valence-electron chi connectivity index (χ3n) is 2.33. The summed E-state index contributed by atoms with van der Waals surface area (Å²) >= 11 is 7.38. The van der Waals surface area contributed by atoms with E-state index < -0.39 is 11.9 Å². The lowest BCUT2D eigenvalue weighted by atomic mass is 10.0. The minimum atomic E-state index is -0.502. The zero-order valence-electron chi connectivity index (χ0n) is 7.46. The lowest BCUT2D eigenvalue weighted by Crippen LogP contribution is -2.00. The quantitative estimate of drug-likeness (QED) is 0.742. The fourth-order valence-electron chi connectivity index (χ4n) is 1.57. The maximum atomic E-state index is 13.1. The first kappa shape index (κ1) is 10.3. The highest BCUT2D eigenvalue weighted by atomic mass is 35.5. The molecule has 4 heteroatoms. The molecule has 1 N–H and O–H groups in total. The fraction of sp³-hybridized carbons (Fsp3) is 0.400. The highest BCUT2D eigenvalue weighted by molar-refractivity contribution is 7.98. The molecule has 0 spiro atoms. The molecule has 0 unspecified atom stereocenters. The third kappa shape index (κ3) is 1.90. The smallest absolute Gasteiger partial charge is 0.142 e. The molecule has 1 heterocycles. The number of thioether (sulfide) groups is 1. The number of aliphatic hydroxyl groups excluding tert-OH is 1. The Balaban J connectivity index is 2.49. The Morgan fingerprint density at radius 2 is 2.29 bits per heavy atom. The van der Waals surface area contributed by atoms with Gasteiger partial charge >= 0.3 is 0 Å². The van der Waals surface area contributed by atoms with E-state index >= 15 is 0 Å². The van der Waals surface area contributed by atoms with Crippen molar-refractivity contribution >= 4 is 23.4 Å². The van der Waals surface area contributed by atoms with Gasteiger partial charge in [-0.3, -0.25) is 0 Å². The number of benzene rings is 1. The summed E-state index contributed by atoms with van der Waals surface area (Å²) in [5, 5.41) is 9.85. The molecule has 0 radical (unpaired) electrons. The van der Waals surface area contributed by atoms with Crippen molar-refractivity contribution in [2.45, 2.75) is 18.3 Å². The van der Waals surface area contributed by atoms with Gasteiger partial charge in [-0.15, -0.1) is 0 Å². The van der Waals surface area contributed by atoms with Crippen LogP contribution in [0.4, 0.5) is 4.39 Å². The molecule has 0 saturated carbocycles. The van der Waals surface area contributed by atoms with Crippen molar-refractivity contribution in [3.8, 4) is 0 Å². The van der Waals surface area contributed by atoms with E-state index in [4.69, 9.17) is 11.6 Å². The van der Waals surface area contributed by atoms with Crippen LogP contribution in [-0.2, 0) is 5.75 Å². The maximum Gasteiger partial charge on any atom is 0.142 e. The zero-order chi connectivity index (χ0) is 10.1. The lowest BCUT2D eigenvalue weighted by Gasteiger charge is -2.11. The van der Waals surface area contributed by atoms with Crippen LogP contribution in [0.5, 0.6) is 0 Å². The Morgan fingerprint density at radius 3 is 3.07 bits per heavy atom. The second-order valence-corrected chi connectivity index (χ2v) is 4.83. The van der Waals surface area contributed by atoms with Gasteiger partial charge in [0.25, 0.3) is 0 Å². The molecule has 0 saturated heterocycles. The molecule has 1 aliphatic heterocycles. The van der Waals surface area contributed by atoms with Crippen LogP contribution in [0, 0.1) is 5.82 Å². The largest absolute Gasteiger partial charge is 0.388 e. The van der Waals surface area contributed by atoms with Crippen molar-refractivity contribution in [1.82, 2.24) is 0 Å². The van der Waals surface area contributed by atoms with Crippen molar-refractivity contribution < 1.29 is 9.50 Å². The lowest BCUT2D eigenvalue weighted by molar-refractivity contribution is 0.175. The Bertz CT molecular complexity index is 356. The molecule has 0 aromatic heterocycles. The summed E-state index contributed by atoms with van der Waals surface area (Å²) in [6.07, 6.45) is 0.206. The molecule has 2 rings (SSSR count). The van der Waals surface area contributed by atoms with E-state index in [1.54, 1.807) is 17.8 Å². The predicted octanol–water partition coefficient (Wildman–Crippen LogP) is 3.15. The van der Waals surface area contributed by atoms with E-state index in [2.05, 4.69) is 0 Å². The molecular weight excluding hydrogens is 223 g/mol. The van der Waals surface area contributed by atoms with Crippen LogP contribution >= 0.6 is 23.4 Å². The second-order valence-electron chi connectivity index (χ2n) is 3.32. The third-order valence-corrected chi connectivity index (χ3v) is 3.66. The van der Waals surface area contributed by atoms with Crippen LogP contribution in [0.1, 0.15) is 23.7 Å². The molecule has 0 bridgehead atoms. The van der Waals surface area contributed by atoms with Crippen LogP contribution in [-0.4, -0.2) is 10.9 Å². The monoisotopic (exact) mass is 232 g/mol. The normalized spacial score (nSPS) is 21.5. The van der Waals surface area contributed by atoms with E-state index in [0.29, 0.717) is 6.42 Å². The van der Waals surface area contributed by atoms with Gasteiger partial charge in [0.05, 0.1) is 11.1 Å². The summed E-state index contributed by atoms with van der Waals surface area (Å²) < 4.78 is 13.1. The van der Waals surface area contributed by atoms with Crippen molar-refractivity contribution in [2.24, 2.45) is 0 Å². The van der Waals surface area contributed by atoms with Crippen molar-refractivity contribution in [2.75, 3.05) is 5.75 Å². The first-order valence-electron chi connectivity index (χ1n) is 4.42. The van der Waals surface area contributed by atoms with Gasteiger partial charge in [0.1, 0.15) is 5.82 Å². The van der Waals surface area contributed by atoms with Crippen LogP contribution in [0.15, 0.2) is 12.1 Å². The molecule has 76 valence electrons. The molecule has 1 aromatic rings. The minimum Gasteiger partial charge on any atom is -0.388 e. The molecule has 1 aliphatic rings. The summed E-state index contributed by atoms with van der Waals surface area (Å²) in [4.78, 5) is 0. The predicted molar refractivity (Wildman–Crippen MR) is 57.1 cm³/mol. The first-order chi connectivity index (χ1) is 6.68. The summed E-state index contributed by atoms with van der Waals surface area (Å²) in [5.41, 5.74) is 1.64. The number of hydrogen-bond donors (Lipinski definition) is 1. The Labute approximate surface area is 91.3 Å². The Kier molecular flexibility index (Phi) is 3.00. The minimum absolute atomic E-state index is 0.0923. The number of halogens is 2. The van der Waals surface area contributed by atoms with Gasteiger partial charge in [0.15, 0.2) is 0 Å². The van der Waals surface area contributed by atoms with Crippen molar-refractivity contribution in [1.29, 1.82) is 0 Å². The highest BCUT2D eigenvalue weighted by Crippen LogP contribution is 2.33. The molecule has 1 atom stereocenters. The molecule has 14 heavy (non-hydrogen) atoms. The number of aliphatic hydroxyl groups is 1. The van der Waals surface area contributed by atoms with Gasteiger partial charge in [0, 0.05) is 5.75 Å². The molecule has 0 aliphatic carbocycles. The van der Waals surface area contributed by atoms with E-state index in [1.807, 2.05) is 0 Å². The second kappa shape index (κ2) is 4.09. The van der Waals surface area contributed by atoms with Crippen LogP contribution < -0.4 is 0 Å². The summed E-state index contributed by atoms with van der Waals surface area (Å²) in [6.45, 7) is 0. The molecule has 1 nitrogen and oxygen atoms in total. The standard InChI is InChI=1S/C10H10ClFOS/c11-8-4-7-6(3-9(8)12)5-14-2-1-10(7)13/h3-4,10,13H,1-2,5H2/t10-/m0/s1. The van der Waals surface area contributed by atoms with Crippen LogP contribution in [0.3, 0.4) is 0 Å². The van der Waals surface area contributed by atoms with E-state index in [0.717, 1.165) is 22.6 Å². The van der Waals surface area contributed by atoms with Gasteiger partial charge < -0.3 is 5.11 Å². The fourth-order valence-corrected chi connectivity index (χ4v) is 2.75. The molecule has 1 aromatic carbocycles. The Morgan fingerprint density at radius 1 is 1.50 bits per heavy atom. The summed E-state index contributed by atoms with van der Waals surface area (Å²) in [7, 11) is 0. The average molecular weight is 233 g/mol. The van der Waals surface area contributed by atoms with Gasteiger partial charge in [0.2, 0.25) is 0 Å². The molecule has 0 fully saturated rings. The van der Waals surface area contributed by atoms with Crippen molar-refractivity contribution in [3.05, 3.63) is 34.1 Å². The first-order valence-corrected chi connectivity index (χ1v) is 5.95. The van der Waals surface area contributed by atoms with Gasteiger partial charge in [-0.2, -0.15) is 11.8 Å². The van der Waals surface area contributed by atoms with Crippen LogP contribution in [0.2, 0.25) is 5.02 Å². The average Bonchev–Trinajstić information content (AvgIpc) is 2.31. The zero-order valence-corrected chi connectivity index (χ0v) is 9.04. The van der Waals surface area contributed by atoms with Gasteiger partial charge in [-0.25, -0.2) is 4.39 Å². The van der Waals surface area contributed by atoms with E-state index in [-0.39, 0.29) is 5.02 Å². The maximum absolute atomic E-state index is 13.1. The van der Waals surface area contributed by atoms with E-state index in [9.17, 15) is 9.50 Å². The van der Waals surface area contributed by atoms with Crippen LogP contribution in [0.25, 0.3) is 0 Å². The number of fused-ring (bicyclic) bond motifs is 1. The van der Waals surface area contributed by atoms with Crippen molar-refractivity contribution in [3.63, 3.8) is 0 Å². The number of hydrogen-bond acceptors (Lipinski definition) is 2. The van der Waals surface area contributed by atoms with E-state index in [1.165, 1.54) is 6.07 Å². The summed E-state index contributed by atoms with van der Waals surface area (Å²) in [6, 6.07) is 2.97. The SMILES string of the molecule is O[C@H]1CCSCc2cc(F)c(Cl)cc21. The van der Waals surface area contributed by atoms with Gasteiger partial charge in [-0.1, -0.05) is 11.6 Å².